The van der Waals surface area contributed by atoms with Gasteiger partial charge in [-0.05, 0) is 67.9 Å². The van der Waals surface area contributed by atoms with E-state index in [2.05, 4.69) is 36.9 Å². The Morgan fingerprint density at radius 1 is 1.18 bits per heavy atom. The molecular weight excluding hydrogens is 431 g/mol. The Kier molecular flexibility index (Phi) is 6.95. The van der Waals surface area contributed by atoms with E-state index in [-0.39, 0.29) is 0 Å². The third kappa shape index (κ3) is 6.80. The van der Waals surface area contributed by atoms with Crippen LogP contribution in [-0.2, 0) is 9.53 Å². The Hall–Kier alpha value is -2.68. The Bertz CT molecular complexity index is 870. The first-order chi connectivity index (χ1) is 13.0. The number of rotatable bonds is 5. The van der Waals surface area contributed by atoms with Crippen molar-refractivity contribution in [3.05, 3.63) is 46.9 Å². The molecule has 0 radical (unpaired) electrons. The second kappa shape index (κ2) is 9.01. The van der Waals surface area contributed by atoms with Gasteiger partial charge in [0.1, 0.15) is 17.5 Å². The normalized spacial score (nSPS) is 12.1. The van der Waals surface area contributed by atoms with Crippen LogP contribution < -0.4 is 16.0 Å². The van der Waals surface area contributed by atoms with Crippen LogP contribution in [0.5, 0.6) is 0 Å². The van der Waals surface area contributed by atoms with Gasteiger partial charge in [0, 0.05) is 10.7 Å². The van der Waals surface area contributed by atoms with Crippen molar-refractivity contribution in [2.24, 2.45) is 0 Å². The minimum Gasteiger partial charge on any atom is -0.444 e. The van der Waals surface area contributed by atoms with Gasteiger partial charge in [0.2, 0.25) is 5.91 Å². The number of halogens is 2. The molecule has 0 aliphatic heterocycles. The molecular formula is C19H22BrFN4O3. The summed E-state index contributed by atoms with van der Waals surface area (Å²) in [6, 6.07) is 4.81. The molecule has 0 saturated heterocycles. The number of nitrogens with one attached hydrogen (secondary N) is 3. The van der Waals surface area contributed by atoms with Crippen LogP contribution in [0.1, 0.15) is 27.7 Å². The summed E-state index contributed by atoms with van der Waals surface area (Å²) in [5, 5.41) is 8.14. The average Bonchev–Trinajstić information content (AvgIpc) is 2.55. The quantitative estimate of drug-likeness (QED) is 0.617. The summed E-state index contributed by atoms with van der Waals surface area (Å²) in [4.78, 5) is 28.3. The van der Waals surface area contributed by atoms with Gasteiger partial charge in [-0.15, -0.1) is 0 Å². The van der Waals surface area contributed by atoms with Crippen molar-refractivity contribution in [1.82, 2.24) is 10.3 Å². The fraction of sp³-hybridized carbons (Fsp3) is 0.316. The number of alkyl carbamates (subject to hydrolysis) is 1. The molecule has 9 heteroatoms. The lowest BCUT2D eigenvalue weighted by Crippen LogP contribution is -2.44. The lowest BCUT2D eigenvalue weighted by atomic mass is 10.2. The van der Waals surface area contributed by atoms with Gasteiger partial charge in [0.15, 0.2) is 0 Å². The smallest absolute Gasteiger partial charge is 0.408 e. The van der Waals surface area contributed by atoms with Gasteiger partial charge in [0.25, 0.3) is 0 Å². The molecule has 0 spiro atoms. The van der Waals surface area contributed by atoms with Crippen molar-refractivity contribution < 1.29 is 18.7 Å². The van der Waals surface area contributed by atoms with E-state index >= 15 is 0 Å². The summed E-state index contributed by atoms with van der Waals surface area (Å²) in [6.07, 6.45) is 2.48. The highest BCUT2D eigenvalue weighted by molar-refractivity contribution is 9.10. The second-order valence-corrected chi connectivity index (χ2v) is 7.98. The van der Waals surface area contributed by atoms with Crippen molar-refractivity contribution in [3.8, 4) is 0 Å². The molecule has 28 heavy (non-hydrogen) atoms. The zero-order valence-corrected chi connectivity index (χ0v) is 17.6. The van der Waals surface area contributed by atoms with Crippen LogP contribution in [0.15, 0.2) is 41.1 Å². The fourth-order valence-electron chi connectivity index (χ4n) is 2.16. The van der Waals surface area contributed by atoms with Crippen LogP contribution in [0.2, 0.25) is 0 Å². The number of nitrogens with zero attached hydrogens (tertiary/aromatic N) is 1. The zero-order chi connectivity index (χ0) is 20.9. The molecule has 7 nitrogen and oxygen atoms in total. The number of carbonyl (C=O) groups is 2. The maximum atomic E-state index is 13.7. The van der Waals surface area contributed by atoms with E-state index in [0.717, 1.165) is 4.47 Å². The number of anilines is 3. The number of benzene rings is 1. The largest absolute Gasteiger partial charge is 0.444 e. The maximum absolute atomic E-state index is 13.7. The zero-order valence-electron chi connectivity index (χ0n) is 16.0. The van der Waals surface area contributed by atoms with E-state index < -0.39 is 29.5 Å². The lowest BCUT2D eigenvalue weighted by Gasteiger charge is -2.22. The van der Waals surface area contributed by atoms with E-state index in [0.29, 0.717) is 17.1 Å². The first-order valence-electron chi connectivity index (χ1n) is 8.51. The van der Waals surface area contributed by atoms with Crippen molar-refractivity contribution >= 4 is 45.0 Å². The number of pyridine rings is 1. The predicted molar refractivity (Wildman–Crippen MR) is 109 cm³/mol. The fourth-order valence-corrected chi connectivity index (χ4v) is 2.52. The first kappa shape index (κ1) is 21.6. The number of aromatic nitrogens is 1. The molecule has 2 amide bonds. The van der Waals surface area contributed by atoms with Gasteiger partial charge in [-0.25, -0.2) is 9.18 Å². The predicted octanol–water partition coefficient (Wildman–Crippen LogP) is 4.58. The molecule has 1 aromatic carbocycles. The Morgan fingerprint density at radius 2 is 1.89 bits per heavy atom. The number of hydrogen-bond acceptors (Lipinski definition) is 5. The highest BCUT2D eigenvalue weighted by Crippen LogP contribution is 2.27. The number of hydrogen-bond donors (Lipinski definition) is 3. The molecule has 1 unspecified atom stereocenters. The van der Waals surface area contributed by atoms with E-state index in [1.807, 2.05) is 0 Å². The van der Waals surface area contributed by atoms with Gasteiger partial charge in [-0.2, -0.15) is 0 Å². The molecule has 0 aliphatic carbocycles. The SMILES string of the molecule is CC(NC(=O)OC(C)(C)C)C(=O)Nc1ccc(F)cc1Nc1cncc(Br)c1. The molecule has 150 valence electrons. The van der Waals surface area contributed by atoms with Crippen LogP contribution in [0, 0.1) is 5.82 Å². The number of ether oxygens (including phenoxy) is 1. The lowest BCUT2D eigenvalue weighted by molar-refractivity contribution is -0.117. The van der Waals surface area contributed by atoms with Crippen LogP contribution >= 0.6 is 15.9 Å². The van der Waals surface area contributed by atoms with E-state index in [9.17, 15) is 14.0 Å². The topological polar surface area (TPSA) is 92.3 Å². The summed E-state index contributed by atoms with van der Waals surface area (Å²) in [5.41, 5.74) is 0.629. The van der Waals surface area contributed by atoms with Gasteiger partial charge < -0.3 is 20.7 Å². The van der Waals surface area contributed by atoms with Gasteiger partial charge in [-0.1, -0.05) is 0 Å². The van der Waals surface area contributed by atoms with E-state index in [1.54, 1.807) is 39.2 Å². The molecule has 0 saturated carbocycles. The molecule has 1 aromatic heterocycles. The van der Waals surface area contributed by atoms with Crippen LogP contribution in [-0.4, -0.2) is 28.6 Å². The summed E-state index contributed by atoms with van der Waals surface area (Å²) < 4.78 is 19.6. The highest BCUT2D eigenvalue weighted by Gasteiger charge is 2.21. The summed E-state index contributed by atoms with van der Waals surface area (Å²) >= 11 is 3.31. The van der Waals surface area contributed by atoms with E-state index in [4.69, 9.17) is 4.74 Å². The molecule has 2 rings (SSSR count). The Balaban J connectivity index is 2.10. The minimum absolute atomic E-state index is 0.345. The maximum Gasteiger partial charge on any atom is 0.408 e. The number of amides is 2. The summed E-state index contributed by atoms with van der Waals surface area (Å²) in [5.74, 6) is -0.948. The van der Waals surface area contributed by atoms with Crippen LogP contribution in [0.3, 0.4) is 0 Å². The number of carbonyl (C=O) groups excluding carboxylic acids is 2. The molecule has 0 bridgehead atoms. The van der Waals surface area contributed by atoms with Gasteiger partial charge in [-0.3, -0.25) is 9.78 Å². The second-order valence-electron chi connectivity index (χ2n) is 7.06. The third-order valence-corrected chi connectivity index (χ3v) is 3.78. The van der Waals surface area contributed by atoms with Gasteiger partial charge >= 0.3 is 6.09 Å². The third-order valence-electron chi connectivity index (χ3n) is 3.35. The molecule has 1 atom stereocenters. The van der Waals surface area contributed by atoms with Crippen molar-refractivity contribution in [3.63, 3.8) is 0 Å². The minimum atomic E-state index is -0.861. The standard InChI is InChI=1S/C19H22BrFN4O3/c1-11(23-18(27)28-19(2,3)4)17(26)25-15-6-5-13(21)8-16(15)24-14-7-12(20)9-22-10-14/h5-11,24H,1-4H3,(H,23,27)(H,25,26). The average molecular weight is 453 g/mol. The van der Waals surface area contributed by atoms with Crippen LogP contribution in [0.25, 0.3) is 0 Å². The monoisotopic (exact) mass is 452 g/mol. The molecule has 1 heterocycles. The Morgan fingerprint density at radius 3 is 2.54 bits per heavy atom. The Labute approximate surface area is 171 Å². The molecule has 0 fully saturated rings. The van der Waals surface area contributed by atoms with Crippen molar-refractivity contribution in [2.75, 3.05) is 10.6 Å². The first-order valence-corrected chi connectivity index (χ1v) is 9.30. The van der Waals surface area contributed by atoms with Crippen molar-refractivity contribution in [1.29, 1.82) is 0 Å². The van der Waals surface area contributed by atoms with E-state index in [1.165, 1.54) is 25.1 Å². The molecule has 3 N–H and O–H groups in total. The highest BCUT2D eigenvalue weighted by atomic mass is 79.9. The summed E-state index contributed by atoms with van der Waals surface area (Å²) in [6.45, 7) is 6.70. The summed E-state index contributed by atoms with van der Waals surface area (Å²) in [7, 11) is 0. The molecule has 2 aromatic rings. The van der Waals surface area contributed by atoms with Crippen LogP contribution in [0.4, 0.5) is 26.2 Å². The molecule has 0 aliphatic rings. The van der Waals surface area contributed by atoms with Crippen molar-refractivity contribution in [2.45, 2.75) is 39.3 Å². The van der Waals surface area contributed by atoms with Gasteiger partial charge in [0.05, 0.1) is 23.3 Å².